The number of hydrogen-bond donors (Lipinski definition) is 0. The van der Waals surface area contributed by atoms with Crippen LogP contribution in [-0.2, 0) is 27.9 Å². The van der Waals surface area contributed by atoms with Gasteiger partial charge in [0.05, 0.1) is 81.6 Å². The van der Waals surface area contributed by atoms with Crippen LogP contribution in [0.2, 0.25) is 0 Å². The van der Waals surface area contributed by atoms with Gasteiger partial charge in [0, 0.05) is 15.2 Å². The Labute approximate surface area is 374 Å². The molecule has 3 aliphatic rings. The van der Waals surface area contributed by atoms with Crippen LogP contribution < -0.4 is 5.46 Å². The van der Waals surface area contributed by atoms with Gasteiger partial charge in [-0.15, -0.1) is 0 Å². The summed E-state index contributed by atoms with van der Waals surface area (Å²) >= 11 is 3.46. The molecule has 0 atom stereocenters. The first-order chi connectivity index (χ1) is 29.0. The third-order valence-electron chi connectivity index (χ3n) is 12.8. The van der Waals surface area contributed by atoms with Crippen molar-refractivity contribution in [1.82, 2.24) is 19.6 Å². The van der Waals surface area contributed by atoms with Gasteiger partial charge in [-0.3, -0.25) is 0 Å². The number of benzene rings is 4. The number of hydrogen-bond acceptors (Lipinski definition) is 8. The molecule has 318 valence electrons. The zero-order chi connectivity index (χ0) is 45.0. The van der Waals surface area contributed by atoms with E-state index in [2.05, 4.69) is 41.9 Å². The van der Waals surface area contributed by atoms with E-state index in [1.165, 1.54) is 0 Å². The van der Waals surface area contributed by atoms with Gasteiger partial charge in [0.1, 0.15) is 0 Å². The number of fused-ring (bicyclic) bond motifs is 2. The van der Waals surface area contributed by atoms with E-state index in [0.717, 1.165) is 43.1 Å². The van der Waals surface area contributed by atoms with Crippen LogP contribution in [0.3, 0.4) is 0 Å². The maximum Gasteiger partial charge on any atom is 0.494 e. The molecule has 5 heterocycles. The Balaban J connectivity index is 0.000000144. The van der Waals surface area contributed by atoms with Crippen molar-refractivity contribution in [3.8, 4) is 11.4 Å². The van der Waals surface area contributed by atoms with Gasteiger partial charge < -0.3 is 27.9 Å². The van der Waals surface area contributed by atoms with Crippen molar-refractivity contribution in [2.75, 3.05) is 0 Å². The zero-order valence-corrected chi connectivity index (χ0v) is 39.1. The van der Waals surface area contributed by atoms with E-state index in [1.807, 2.05) is 172 Å². The Morgan fingerprint density at radius 2 is 0.887 bits per heavy atom. The normalized spacial score (nSPS) is 20.0. The molecular weight excluding hydrogens is 845 g/mol. The predicted molar refractivity (Wildman–Crippen MR) is 250 cm³/mol. The van der Waals surface area contributed by atoms with Crippen molar-refractivity contribution >= 4 is 75.7 Å². The van der Waals surface area contributed by atoms with E-state index in [0.29, 0.717) is 11.4 Å². The largest absolute Gasteiger partial charge is 0.494 e. The molecular formula is C46H52B3BrN6O6. The molecule has 9 rings (SSSR count). The van der Waals surface area contributed by atoms with Gasteiger partial charge in [-0.1, -0.05) is 58.4 Å². The summed E-state index contributed by atoms with van der Waals surface area (Å²) in [6, 6.07) is 27.0. The summed E-state index contributed by atoms with van der Waals surface area (Å²) in [7, 11) is -1.37. The molecule has 4 aromatic carbocycles. The van der Waals surface area contributed by atoms with Crippen molar-refractivity contribution in [3.05, 3.63) is 125 Å². The van der Waals surface area contributed by atoms with Gasteiger partial charge in [-0.25, -0.2) is 19.1 Å². The highest BCUT2D eigenvalue weighted by molar-refractivity contribution is 9.10. The summed E-state index contributed by atoms with van der Waals surface area (Å²) in [5.41, 5.74) is 3.71. The molecule has 12 nitrogen and oxygen atoms in total. The molecule has 3 fully saturated rings. The fraction of sp³-hybridized carbons (Fsp3) is 0.391. The summed E-state index contributed by atoms with van der Waals surface area (Å²) in [5.74, 6) is 0. The number of nitrogens with zero attached hydrogens (tertiary/aromatic N) is 6. The molecule has 0 amide bonds. The zero-order valence-electron chi connectivity index (χ0n) is 37.5. The van der Waals surface area contributed by atoms with Crippen molar-refractivity contribution in [2.24, 2.45) is 0 Å². The van der Waals surface area contributed by atoms with E-state index in [9.17, 15) is 0 Å². The average Bonchev–Trinajstić information content (AvgIpc) is 3.98. The van der Waals surface area contributed by atoms with Gasteiger partial charge >= 0.3 is 21.1 Å². The lowest BCUT2D eigenvalue weighted by atomic mass is 9.49. The Morgan fingerprint density at radius 1 is 0.500 bits per heavy atom. The molecule has 16 heteroatoms. The van der Waals surface area contributed by atoms with E-state index in [-0.39, 0.29) is 33.6 Å². The molecule has 0 spiro atoms. The Morgan fingerprint density at radius 3 is 1.31 bits per heavy atom. The highest BCUT2D eigenvalue weighted by Crippen LogP contribution is 2.43. The maximum absolute atomic E-state index is 7.21. The van der Waals surface area contributed by atoms with Crippen LogP contribution in [0.5, 0.6) is 0 Å². The van der Waals surface area contributed by atoms with Crippen molar-refractivity contribution in [3.63, 3.8) is 0 Å². The number of rotatable bonds is 4. The molecule has 3 aliphatic heterocycles. The average molecular weight is 897 g/mol. The standard InChI is InChI=1S/C20H20BN3O2.C14H8BrN3.C12H24B2O4/c1-19(2)20(3,4)26-21(25-19)15-10-9-14-13-23-24(18(14)11-15)17-8-6-7-16(12-17)22-5;1-16-12-3-2-4-13(8-12)18-14-7-11(15)6-5-10(14)9-17-18;1-9(2)10(3,4)16-13(15-9)14-17-11(5,6)12(7,8)18-14/h6-13H,1-4H3;2-9H;1-8H3. The minimum atomic E-state index is -0.476. The number of halogens is 1. The first kappa shape index (κ1) is 45.3. The summed E-state index contributed by atoms with van der Waals surface area (Å²) in [6.07, 6.45) is 3.65. The Bertz CT molecular complexity index is 2630. The molecule has 6 aromatic rings. The third kappa shape index (κ3) is 8.75. The summed E-state index contributed by atoms with van der Waals surface area (Å²) < 4.78 is 40.9. The Hall–Kier alpha value is -4.77. The van der Waals surface area contributed by atoms with Gasteiger partial charge in [0.2, 0.25) is 0 Å². The summed E-state index contributed by atoms with van der Waals surface area (Å²) in [4.78, 5) is 6.94. The molecule has 3 saturated heterocycles. The quantitative estimate of drug-likeness (QED) is 0.127. The highest BCUT2D eigenvalue weighted by Gasteiger charge is 2.63. The van der Waals surface area contributed by atoms with E-state index in [1.54, 1.807) is 12.1 Å². The third-order valence-corrected chi connectivity index (χ3v) is 13.3. The van der Waals surface area contributed by atoms with Crippen LogP contribution in [0.1, 0.15) is 83.1 Å². The molecule has 0 radical (unpaired) electrons. The first-order valence-corrected chi connectivity index (χ1v) is 21.4. The molecule has 0 aliphatic carbocycles. The highest BCUT2D eigenvalue weighted by atomic mass is 79.9. The first-order valence-electron chi connectivity index (χ1n) is 20.6. The fourth-order valence-corrected chi connectivity index (χ4v) is 7.30. The van der Waals surface area contributed by atoms with Crippen LogP contribution in [0, 0.1) is 13.1 Å². The predicted octanol–water partition coefficient (Wildman–Crippen LogP) is 10.5. The van der Waals surface area contributed by atoms with E-state index >= 15 is 0 Å². The second-order valence-electron chi connectivity index (χ2n) is 18.7. The van der Waals surface area contributed by atoms with E-state index in [4.69, 9.17) is 41.1 Å². The van der Waals surface area contributed by atoms with Crippen molar-refractivity contribution < 1.29 is 27.9 Å². The SMILES string of the molecule is CC1(C)OB(B2OC(C)(C)C(C)(C)O2)OC1(C)C.[C-]#[N+]c1cccc(-n2ncc3ccc(B4OC(C)(C)C(C)(C)O4)cc32)c1.[C-]#[N+]c1cccc(-n2ncc3ccc(Br)cc32)c1. The van der Waals surface area contributed by atoms with Crippen LogP contribution in [0.25, 0.3) is 42.9 Å². The second kappa shape index (κ2) is 16.4. The monoisotopic (exact) mass is 896 g/mol. The lowest BCUT2D eigenvalue weighted by molar-refractivity contribution is 0.00578. The minimum Gasteiger partial charge on any atom is -0.405 e. The molecule has 0 saturated carbocycles. The summed E-state index contributed by atoms with van der Waals surface area (Å²) in [5, 5.41) is 11.0. The lowest BCUT2D eigenvalue weighted by Gasteiger charge is -2.32. The van der Waals surface area contributed by atoms with Crippen LogP contribution in [0.15, 0.2) is 102 Å². The second-order valence-corrected chi connectivity index (χ2v) is 19.7. The molecule has 2 aromatic heterocycles. The van der Waals surface area contributed by atoms with E-state index < -0.39 is 21.1 Å². The molecule has 0 bridgehead atoms. The molecule has 0 unspecified atom stereocenters. The topological polar surface area (TPSA) is 99.7 Å². The summed E-state index contributed by atoms with van der Waals surface area (Å²) in [6.45, 7) is 38.7. The number of aromatic nitrogens is 4. The fourth-order valence-electron chi connectivity index (χ4n) is 6.95. The maximum atomic E-state index is 7.21. The van der Waals surface area contributed by atoms with Crippen LogP contribution >= 0.6 is 15.9 Å². The minimum absolute atomic E-state index is 0.360. The van der Waals surface area contributed by atoms with Crippen molar-refractivity contribution in [2.45, 2.75) is 117 Å². The smallest absolute Gasteiger partial charge is 0.405 e. The Kier molecular flexibility index (Phi) is 12.0. The van der Waals surface area contributed by atoms with Gasteiger partial charge in [-0.05, 0) is 131 Å². The van der Waals surface area contributed by atoms with Gasteiger partial charge in [0.15, 0.2) is 11.4 Å². The molecule has 0 N–H and O–H groups in total. The van der Waals surface area contributed by atoms with Gasteiger partial charge in [0.25, 0.3) is 0 Å². The van der Waals surface area contributed by atoms with Gasteiger partial charge in [-0.2, -0.15) is 10.2 Å². The molecule has 62 heavy (non-hydrogen) atoms. The van der Waals surface area contributed by atoms with Crippen LogP contribution in [0.4, 0.5) is 11.4 Å². The lowest BCUT2D eigenvalue weighted by Crippen LogP contribution is -2.41. The van der Waals surface area contributed by atoms with Crippen LogP contribution in [-0.4, -0.2) is 74.3 Å². The van der Waals surface area contributed by atoms with Crippen molar-refractivity contribution in [1.29, 1.82) is 0 Å².